The van der Waals surface area contributed by atoms with Gasteiger partial charge in [0.15, 0.2) is 0 Å². The molecule has 21 heavy (non-hydrogen) atoms. The van der Waals surface area contributed by atoms with Gasteiger partial charge in [-0.05, 0) is 29.1 Å². The van der Waals surface area contributed by atoms with E-state index in [-0.39, 0.29) is 5.56 Å². The number of hydrogen-bond donors (Lipinski definition) is 1. The lowest BCUT2D eigenvalue weighted by molar-refractivity contribution is 0.0692. The van der Waals surface area contributed by atoms with E-state index in [1.807, 2.05) is 28.3 Å². The maximum Gasteiger partial charge on any atom is 0.338 e. The van der Waals surface area contributed by atoms with E-state index in [4.69, 9.17) is 5.11 Å². The van der Waals surface area contributed by atoms with E-state index in [0.29, 0.717) is 12.1 Å². The molecule has 0 unspecified atom stereocenters. The monoisotopic (exact) mass is 302 g/mol. The number of carbonyl (C=O) groups is 1. The SMILES string of the molecule is O=C(O)c1ccc(Cn2ccnc2-c2cccs2)cc1F. The number of benzene rings is 1. The van der Waals surface area contributed by atoms with Crippen LogP contribution < -0.4 is 0 Å². The molecule has 0 fully saturated rings. The zero-order chi connectivity index (χ0) is 14.8. The summed E-state index contributed by atoms with van der Waals surface area (Å²) >= 11 is 1.58. The van der Waals surface area contributed by atoms with Crippen LogP contribution in [0.25, 0.3) is 10.7 Å². The van der Waals surface area contributed by atoms with Crippen LogP contribution >= 0.6 is 11.3 Å². The van der Waals surface area contributed by atoms with Crippen molar-refractivity contribution in [2.24, 2.45) is 0 Å². The molecule has 0 amide bonds. The molecule has 3 rings (SSSR count). The first-order valence-electron chi connectivity index (χ1n) is 6.22. The zero-order valence-electron chi connectivity index (χ0n) is 10.9. The Labute approximate surface area is 124 Å². The first-order valence-corrected chi connectivity index (χ1v) is 7.10. The highest BCUT2D eigenvalue weighted by Gasteiger charge is 2.12. The van der Waals surface area contributed by atoms with Crippen LogP contribution in [0.3, 0.4) is 0 Å². The van der Waals surface area contributed by atoms with Gasteiger partial charge in [-0.3, -0.25) is 0 Å². The van der Waals surface area contributed by atoms with Crippen molar-refractivity contribution in [2.75, 3.05) is 0 Å². The Kier molecular flexibility index (Phi) is 3.53. The summed E-state index contributed by atoms with van der Waals surface area (Å²) in [5.41, 5.74) is 0.371. The van der Waals surface area contributed by atoms with E-state index in [2.05, 4.69) is 4.98 Å². The van der Waals surface area contributed by atoms with E-state index in [0.717, 1.165) is 10.7 Å². The number of rotatable bonds is 4. The summed E-state index contributed by atoms with van der Waals surface area (Å²) in [5.74, 6) is -1.17. The third kappa shape index (κ3) is 2.71. The van der Waals surface area contributed by atoms with Crippen molar-refractivity contribution in [1.29, 1.82) is 0 Å². The first kappa shape index (κ1) is 13.5. The van der Waals surface area contributed by atoms with Crippen molar-refractivity contribution < 1.29 is 14.3 Å². The lowest BCUT2D eigenvalue weighted by Gasteiger charge is -2.08. The van der Waals surface area contributed by atoms with Crippen LogP contribution in [0.4, 0.5) is 4.39 Å². The second kappa shape index (κ2) is 5.49. The molecule has 0 atom stereocenters. The third-order valence-electron chi connectivity index (χ3n) is 3.07. The fraction of sp³-hybridized carbons (Fsp3) is 0.0667. The molecule has 0 aliphatic heterocycles. The van der Waals surface area contributed by atoms with Gasteiger partial charge in [-0.15, -0.1) is 11.3 Å². The van der Waals surface area contributed by atoms with Crippen LogP contribution in [-0.4, -0.2) is 20.6 Å². The maximum atomic E-state index is 13.7. The summed E-state index contributed by atoms with van der Waals surface area (Å²) in [5, 5.41) is 10.8. The van der Waals surface area contributed by atoms with Crippen LogP contribution in [0.2, 0.25) is 0 Å². The molecule has 0 spiro atoms. The van der Waals surface area contributed by atoms with Gasteiger partial charge < -0.3 is 9.67 Å². The summed E-state index contributed by atoms with van der Waals surface area (Å²) in [6, 6.07) is 8.07. The summed E-state index contributed by atoms with van der Waals surface area (Å²) in [7, 11) is 0. The Morgan fingerprint density at radius 1 is 1.38 bits per heavy atom. The molecular formula is C15H11FN2O2S. The van der Waals surface area contributed by atoms with Gasteiger partial charge in [0.1, 0.15) is 11.6 Å². The van der Waals surface area contributed by atoms with Crippen molar-refractivity contribution >= 4 is 17.3 Å². The van der Waals surface area contributed by atoms with E-state index < -0.39 is 11.8 Å². The molecule has 2 heterocycles. The van der Waals surface area contributed by atoms with Crippen molar-refractivity contribution in [3.8, 4) is 10.7 Å². The van der Waals surface area contributed by atoms with Crippen LogP contribution in [0, 0.1) is 5.82 Å². The second-order valence-corrected chi connectivity index (χ2v) is 5.42. The Morgan fingerprint density at radius 2 is 2.24 bits per heavy atom. The number of halogens is 1. The molecule has 4 nitrogen and oxygen atoms in total. The molecule has 6 heteroatoms. The van der Waals surface area contributed by atoms with Gasteiger partial charge in [-0.25, -0.2) is 14.2 Å². The smallest absolute Gasteiger partial charge is 0.338 e. The molecule has 2 aromatic heterocycles. The number of hydrogen-bond acceptors (Lipinski definition) is 3. The van der Waals surface area contributed by atoms with Gasteiger partial charge in [-0.1, -0.05) is 12.1 Å². The summed E-state index contributed by atoms with van der Waals surface area (Å²) in [6.07, 6.45) is 3.51. The number of nitrogens with zero attached hydrogens (tertiary/aromatic N) is 2. The van der Waals surface area contributed by atoms with Crippen LogP contribution in [0.1, 0.15) is 15.9 Å². The molecule has 0 saturated carbocycles. The number of carboxylic acid groups (broad SMARTS) is 1. The fourth-order valence-electron chi connectivity index (χ4n) is 2.09. The van der Waals surface area contributed by atoms with Gasteiger partial charge in [0, 0.05) is 18.9 Å². The van der Waals surface area contributed by atoms with Crippen LogP contribution in [-0.2, 0) is 6.54 Å². The highest BCUT2D eigenvalue weighted by Crippen LogP contribution is 2.23. The molecule has 0 bridgehead atoms. The minimum atomic E-state index is -1.26. The zero-order valence-corrected chi connectivity index (χ0v) is 11.7. The quantitative estimate of drug-likeness (QED) is 0.802. The molecule has 0 aliphatic rings. The topological polar surface area (TPSA) is 55.1 Å². The maximum absolute atomic E-state index is 13.7. The van der Waals surface area contributed by atoms with E-state index in [9.17, 15) is 9.18 Å². The molecule has 0 saturated heterocycles. The summed E-state index contributed by atoms with van der Waals surface area (Å²) in [4.78, 5) is 16.1. The van der Waals surface area contributed by atoms with E-state index in [1.165, 1.54) is 12.1 Å². The molecule has 0 aliphatic carbocycles. The van der Waals surface area contributed by atoms with Crippen molar-refractivity contribution in [3.05, 3.63) is 65.0 Å². The standard InChI is InChI=1S/C15H11FN2O2S/c16-12-8-10(3-4-11(12)15(19)20)9-18-6-5-17-14(18)13-2-1-7-21-13/h1-8H,9H2,(H,19,20). The normalized spacial score (nSPS) is 10.7. The lowest BCUT2D eigenvalue weighted by Crippen LogP contribution is -2.04. The van der Waals surface area contributed by atoms with Gasteiger partial charge in [0.05, 0.1) is 10.4 Å². The minimum Gasteiger partial charge on any atom is -0.478 e. The predicted octanol–water partition coefficient (Wildman–Crippen LogP) is 3.50. The number of aromatic carboxylic acids is 1. The fourth-order valence-corrected chi connectivity index (χ4v) is 2.83. The average molecular weight is 302 g/mol. The average Bonchev–Trinajstić information content (AvgIpc) is 3.08. The largest absolute Gasteiger partial charge is 0.478 e. The Morgan fingerprint density at radius 3 is 2.90 bits per heavy atom. The van der Waals surface area contributed by atoms with E-state index in [1.54, 1.807) is 23.6 Å². The van der Waals surface area contributed by atoms with E-state index >= 15 is 0 Å². The summed E-state index contributed by atoms with van der Waals surface area (Å²) in [6.45, 7) is 0.435. The van der Waals surface area contributed by atoms with Gasteiger partial charge in [0.25, 0.3) is 0 Å². The molecule has 1 N–H and O–H groups in total. The predicted molar refractivity (Wildman–Crippen MR) is 78.0 cm³/mol. The highest BCUT2D eigenvalue weighted by atomic mass is 32.1. The number of aromatic nitrogens is 2. The second-order valence-electron chi connectivity index (χ2n) is 4.48. The molecule has 3 aromatic rings. The van der Waals surface area contributed by atoms with Gasteiger partial charge >= 0.3 is 5.97 Å². The number of imidazole rings is 1. The Bertz CT molecular complexity index is 781. The van der Waals surface area contributed by atoms with Gasteiger partial charge in [0.2, 0.25) is 0 Å². The summed E-state index contributed by atoms with van der Waals surface area (Å²) < 4.78 is 15.6. The Balaban J connectivity index is 1.90. The Hall–Kier alpha value is -2.47. The molecule has 106 valence electrons. The number of carboxylic acids is 1. The van der Waals surface area contributed by atoms with Crippen molar-refractivity contribution in [1.82, 2.24) is 9.55 Å². The van der Waals surface area contributed by atoms with Gasteiger partial charge in [-0.2, -0.15) is 0 Å². The van der Waals surface area contributed by atoms with Crippen molar-refractivity contribution in [3.63, 3.8) is 0 Å². The highest BCUT2D eigenvalue weighted by molar-refractivity contribution is 7.13. The minimum absolute atomic E-state index is 0.317. The molecular weight excluding hydrogens is 291 g/mol. The van der Waals surface area contributed by atoms with Crippen LogP contribution in [0.5, 0.6) is 0 Å². The molecule has 0 radical (unpaired) electrons. The van der Waals surface area contributed by atoms with Crippen molar-refractivity contribution in [2.45, 2.75) is 6.54 Å². The molecule has 1 aromatic carbocycles. The number of thiophene rings is 1. The first-order chi connectivity index (χ1) is 10.1. The third-order valence-corrected chi connectivity index (χ3v) is 3.94. The lowest BCUT2D eigenvalue weighted by atomic mass is 10.1. The van der Waals surface area contributed by atoms with Crippen LogP contribution in [0.15, 0.2) is 48.1 Å².